The number of hydrogen-bond donors (Lipinski definition) is 3. The van der Waals surface area contributed by atoms with Crippen LogP contribution >= 0.6 is 11.3 Å². The van der Waals surface area contributed by atoms with Gasteiger partial charge in [0.15, 0.2) is 5.13 Å². The highest BCUT2D eigenvalue weighted by molar-refractivity contribution is 7.89. The fraction of sp³-hybridized carbons (Fsp3) is 0.208. The number of H-pyrrole nitrogens is 1. The van der Waals surface area contributed by atoms with Crippen LogP contribution in [0.2, 0.25) is 0 Å². The first-order chi connectivity index (χ1) is 17.7. The van der Waals surface area contributed by atoms with Gasteiger partial charge in [0.05, 0.1) is 10.5 Å². The van der Waals surface area contributed by atoms with Gasteiger partial charge < -0.3 is 16.0 Å². The smallest absolute Gasteiger partial charge is 0.243 e. The molecule has 4 N–H and O–H groups in total. The Kier molecular flexibility index (Phi) is 6.75. The summed E-state index contributed by atoms with van der Waals surface area (Å²) in [6.45, 7) is 0.569. The average Bonchev–Trinajstić information content (AvgIpc) is 3.54. The van der Waals surface area contributed by atoms with Crippen LogP contribution in [-0.4, -0.2) is 52.6 Å². The molecule has 0 unspecified atom stereocenters. The molecule has 0 atom stereocenters. The lowest BCUT2D eigenvalue weighted by Gasteiger charge is -2.31. The molecule has 0 saturated carbocycles. The molecule has 5 rings (SSSR count). The van der Waals surface area contributed by atoms with E-state index < -0.39 is 33.0 Å². The van der Waals surface area contributed by atoms with Gasteiger partial charge in [-0.2, -0.15) is 4.31 Å². The number of imidazole rings is 1. The Hall–Kier alpha value is -3.68. The molecule has 0 spiro atoms. The van der Waals surface area contributed by atoms with Gasteiger partial charge in [0.2, 0.25) is 15.8 Å². The Morgan fingerprint density at radius 1 is 1.11 bits per heavy atom. The molecule has 192 valence electrons. The molecule has 0 aliphatic carbocycles. The standard InChI is InChI=1S/C24H22F2N6O3S2/c25-17-2-1-3-18(26)19(17)20(33)21-22(27)31-24(36-21)30-15-8-12-32(13-9-15)37(34,35)16-6-4-14(5-7-16)23-28-10-11-29-23/h1-7,10-11,15H,8-9,12-13,27H2,(H,28,29)(H,30,31). The van der Waals surface area contributed by atoms with Gasteiger partial charge >= 0.3 is 0 Å². The van der Waals surface area contributed by atoms with Gasteiger partial charge in [-0.25, -0.2) is 27.2 Å². The molecule has 0 amide bonds. The van der Waals surface area contributed by atoms with E-state index in [-0.39, 0.29) is 34.7 Å². The largest absolute Gasteiger partial charge is 0.382 e. The molecule has 3 heterocycles. The molecule has 37 heavy (non-hydrogen) atoms. The Balaban J connectivity index is 1.23. The van der Waals surface area contributed by atoms with Crippen molar-refractivity contribution in [3.05, 3.63) is 76.9 Å². The molecule has 9 nitrogen and oxygen atoms in total. The molecule has 1 aliphatic heterocycles. The highest BCUT2D eigenvalue weighted by atomic mass is 32.2. The molecular weight excluding hydrogens is 522 g/mol. The molecule has 0 radical (unpaired) electrons. The van der Waals surface area contributed by atoms with Crippen LogP contribution in [-0.2, 0) is 10.0 Å². The predicted octanol–water partition coefficient (Wildman–Crippen LogP) is 3.89. The van der Waals surface area contributed by atoms with Crippen molar-refractivity contribution in [2.45, 2.75) is 23.8 Å². The number of nitrogen functional groups attached to an aromatic ring is 1. The van der Waals surface area contributed by atoms with Crippen LogP contribution in [0.25, 0.3) is 11.4 Å². The molecule has 2 aromatic heterocycles. The maximum atomic E-state index is 14.0. The summed E-state index contributed by atoms with van der Waals surface area (Å²) in [5.41, 5.74) is 5.97. The van der Waals surface area contributed by atoms with Gasteiger partial charge in [-0.3, -0.25) is 4.79 Å². The third-order valence-electron chi connectivity index (χ3n) is 6.09. The molecule has 1 aliphatic rings. The summed E-state index contributed by atoms with van der Waals surface area (Å²) in [7, 11) is -3.67. The van der Waals surface area contributed by atoms with Crippen LogP contribution in [0.1, 0.15) is 28.1 Å². The second-order valence-corrected chi connectivity index (χ2v) is 11.4. The first-order valence-corrected chi connectivity index (χ1v) is 13.6. The fourth-order valence-electron chi connectivity index (χ4n) is 4.16. The average molecular weight is 545 g/mol. The van der Waals surface area contributed by atoms with Crippen molar-refractivity contribution < 1.29 is 22.0 Å². The number of nitrogens with zero attached hydrogens (tertiary/aromatic N) is 3. The van der Waals surface area contributed by atoms with E-state index in [9.17, 15) is 22.0 Å². The molecule has 1 saturated heterocycles. The number of nitrogens with two attached hydrogens (primary N) is 1. The van der Waals surface area contributed by atoms with Crippen LogP contribution in [0.15, 0.2) is 59.8 Å². The number of nitrogens with one attached hydrogen (secondary N) is 2. The Morgan fingerprint density at radius 2 is 1.78 bits per heavy atom. The Labute approximate surface area is 215 Å². The molecule has 1 fully saturated rings. The minimum atomic E-state index is -3.67. The number of rotatable bonds is 7. The number of benzene rings is 2. The fourth-order valence-corrected chi connectivity index (χ4v) is 6.53. The van der Waals surface area contributed by atoms with Crippen LogP contribution in [0.4, 0.5) is 19.7 Å². The van der Waals surface area contributed by atoms with Crippen molar-refractivity contribution in [1.29, 1.82) is 0 Å². The number of carbonyl (C=O) groups is 1. The second kappa shape index (κ2) is 10.00. The van der Waals surface area contributed by atoms with Gasteiger partial charge in [-0.1, -0.05) is 17.4 Å². The van der Waals surface area contributed by atoms with Gasteiger partial charge in [0.25, 0.3) is 0 Å². The van der Waals surface area contributed by atoms with Gasteiger partial charge in [-0.15, -0.1) is 0 Å². The monoisotopic (exact) mass is 544 g/mol. The van der Waals surface area contributed by atoms with E-state index in [1.807, 2.05) is 0 Å². The highest BCUT2D eigenvalue weighted by Gasteiger charge is 2.30. The summed E-state index contributed by atoms with van der Waals surface area (Å²) in [5, 5.41) is 3.49. The van der Waals surface area contributed by atoms with E-state index in [0.29, 0.717) is 23.8 Å². The number of aromatic amines is 1. The quantitative estimate of drug-likeness (QED) is 0.301. The van der Waals surface area contributed by atoms with E-state index in [1.54, 1.807) is 36.7 Å². The van der Waals surface area contributed by atoms with E-state index >= 15 is 0 Å². The number of halogens is 2. The predicted molar refractivity (Wildman–Crippen MR) is 136 cm³/mol. The number of aromatic nitrogens is 3. The molecule has 0 bridgehead atoms. The second-order valence-electron chi connectivity index (χ2n) is 8.44. The van der Waals surface area contributed by atoms with Gasteiger partial charge in [0, 0.05) is 37.1 Å². The van der Waals surface area contributed by atoms with Crippen molar-refractivity contribution in [2.75, 3.05) is 24.1 Å². The first kappa shape index (κ1) is 25.0. The third-order valence-corrected chi connectivity index (χ3v) is 9.01. The van der Waals surface area contributed by atoms with Gasteiger partial charge in [0.1, 0.15) is 28.2 Å². The summed E-state index contributed by atoms with van der Waals surface area (Å²) < 4.78 is 55.8. The number of sulfonamides is 1. The topological polar surface area (TPSA) is 134 Å². The van der Waals surface area contributed by atoms with E-state index in [2.05, 4.69) is 20.3 Å². The Bertz CT molecular complexity index is 1510. The van der Waals surface area contributed by atoms with Crippen LogP contribution in [0, 0.1) is 11.6 Å². The maximum absolute atomic E-state index is 14.0. The van der Waals surface area contributed by atoms with Crippen molar-refractivity contribution in [3.63, 3.8) is 0 Å². The SMILES string of the molecule is Nc1nc(NC2CCN(S(=O)(=O)c3ccc(-c4ncc[nH]4)cc3)CC2)sc1C(=O)c1c(F)cccc1F. The van der Waals surface area contributed by atoms with E-state index in [1.165, 1.54) is 10.4 Å². The number of ketones is 1. The van der Waals surface area contributed by atoms with Crippen LogP contribution in [0.5, 0.6) is 0 Å². The first-order valence-electron chi connectivity index (χ1n) is 11.4. The number of carbonyl (C=O) groups excluding carboxylic acids is 1. The number of thiazole rings is 1. The van der Waals surface area contributed by atoms with E-state index in [4.69, 9.17) is 5.73 Å². The zero-order valence-corrected chi connectivity index (χ0v) is 21.0. The summed E-state index contributed by atoms with van der Waals surface area (Å²) in [4.78, 5) is 24.1. The lowest BCUT2D eigenvalue weighted by molar-refractivity contribution is 0.103. The normalized spacial score (nSPS) is 15.1. The zero-order valence-electron chi connectivity index (χ0n) is 19.3. The lowest BCUT2D eigenvalue weighted by Crippen LogP contribution is -2.42. The summed E-state index contributed by atoms with van der Waals surface area (Å²) in [6, 6.07) is 9.60. The molecule has 13 heteroatoms. The lowest BCUT2D eigenvalue weighted by atomic mass is 10.1. The summed E-state index contributed by atoms with van der Waals surface area (Å²) in [5.74, 6) is -2.30. The third kappa shape index (κ3) is 4.97. The van der Waals surface area contributed by atoms with Gasteiger partial charge in [-0.05, 0) is 49.2 Å². The molecular formula is C24H22F2N6O3S2. The number of hydrogen-bond acceptors (Lipinski definition) is 8. The summed E-state index contributed by atoms with van der Waals surface area (Å²) in [6.07, 6.45) is 4.31. The van der Waals surface area contributed by atoms with Crippen molar-refractivity contribution in [1.82, 2.24) is 19.3 Å². The summed E-state index contributed by atoms with van der Waals surface area (Å²) >= 11 is 0.907. The molecule has 4 aromatic rings. The van der Waals surface area contributed by atoms with Crippen LogP contribution < -0.4 is 11.1 Å². The van der Waals surface area contributed by atoms with E-state index in [0.717, 1.165) is 29.0 Å². The number of anilines is 2. The minimum absolute atomic E-state index is 0.0653. The number of piperidine rings is 1. The van der Waals surface area contributed by atoms with Crippen molar-refractivity contribution in [2.24, 2.45) is 0 Å². The maximum Gasteiger partial charge on any atom is 0.243 e. The zero-order chi connectivity index (χ0) is 26.2. The Morgan fingerprint density at radius 3 is 2.41 bits per heavy atom. The van der Waals surface area contributed by atoms with Crippen molar-refractivity contribution in [3.8, 4) is 11.4 Å². The highest BCUT2D eigenvalue weighted by Crippen LogP contribution is 2.31. The van der Waals surface area contributed by atoms with Crippen molar-refractivity contribution >= 4 is 38.1 Å². The molecule has 2 aromatic carbocycles. The minimum Gasteiger partial charge on any atom is -0.382 e. The van der Waals surface area contributed by atoms with Crippen LogP contribution in [0.3, 0.4) is 0 Å².